The number of benzene rings is 1. The molecule has 1 saturated heterocycles. The van der Waals surface area contributed by atoms with Crippen molar-refractivity contribution in [2.75, 3.05) is 26.2 Å². The lowest BCUT2D eigenvalue weighted by Gasteiger charge is -2.35. The van der Waals surface area contributed by atoms with Gasteiger partial charge in [-0.15, -0.1) is 0 Å². The molecule has 3 nitrogen and oxygen atoms in total. The number of fused-ring (bicyclic) bond motifs is 1. The van der Waals surface area contributed by atoms with Crippen molar-refractivity contribution in [1.82, 2.24) is 10.2 Å². The van der Waals surface area contributed by atoms with Crippen LogP contribution in [0.15, 0.2) is 18.2 Å². The molecule has 1 unspecified atom stereocenters. The molecule has 2 heterocycles. The largest absolute Gasteiger partial charge is 0.488 e. The molecule has 1 aromatic rings. The molecule has 1 N–H and O–H groups in total. The van der Waals surface area contributed by atoms with Gasteiger partial charge in [0.05, 0.1) is 0 Å². The molecule has 0 spiro atoms. The minimum atomic E-state index is 0.336. The molecular formula is C18H28N2O. The smallest absolute Gasteiger partial charge is 0.123 e. The van der Waals surface area contributed by atoms with E-state index in [1.165, 1.54) is 36.9 Å². The Morgan fingerprint density at radius 1 is 1.29 bits per heavy atom. The Kier molecular flexibility index (Phi) is 4.81. The van der Waals surface area contributed by atoms with E-state index in [1.807, 2.05) is 0 Å². The van der Waals surface area contributed by atoms with E-state index in [4.69, 9.17) is 4.74 Å². The normalized spacial score (nSPS) is 22.3. The third-order valence-electron chi connectivity index (χ3n) is 4.73. The van der Waals surface area contributed by atoms with Crippen LogP contribution < -0.4 is 10.1 Å². The van der Waals surface area contributed by atoms with Gasteiger partial charge in [0.15, 0.2) is 0 Å². The molecule has 21 heavy (non-hydrogen) atoms. The summed E-state index contributed by atoms with van der Waals surface area (Å²) in [5, 5.41) is 3.47. The molecule has 0 bridgehead atoms. The van der Waals surface area contributed by atoms with Crippen molar-refractivity contribution in [3.63, 3.8) is 0 Å². The lowest BCUT2D eigenvalue weighted by molar-refractivity contribution is 0.0999. The first-order chi connectivity index (χ1) is 10.3. The Morgan fingerprint density at radius 2 is 2.10 bits per heavy atom. The molecule has 1 atom stereocenters. The molecule has 1 fully saturated rings. The molecule has 0 amide bonds. The van der Waals surface area contributed by atoms with Crippen molar-refractivity contribution in [2.24, 2.45) is 0 Å². The van der Waals surface area contributed by atoms with Crippen LogP contribution in [0.4, 0.5) is 0 Å². The van der Waals surface area contributed by atoms with E-state index < -0.39 is 0 Å². The van der Waals surface area contributed by atoms with Gasteiger partial charge in [0.1, 0.15) is 11.9 Å². The summed E-state index contributed by atoms with van der Waals surface area (Å²) < 4.78 is 6.17. The molecule has 116 valence electrons. The Labute approximate surface area is 128 Å². The van der Waals surface area contributed by atoms with Gasteiger partial charge in [-0.05, 0) is 57.5 Å². The zero-order valence-electron chi connectivity index (χ0n) is 13.4. The fraction of sp³-hybridized carbons (Fsp3) is 0.667. The second-order valence-corrected chi connectivity index (χ2v) is 6.53. The van der Waals surface area contributed by atoms with Crippen LogP contribution >= 0.6 is 0 Å². The van der Waals surface area contributed by atoms with Crippen LogP contribution in [0.3, 0.4) is 0 Å². The van der Waals surface area contributed by atoms with Gasteiger partial charge in [0.25, 0.3) is 0 Å². The van der Waals surface area contributed by atoms with Crippen molar-refractivity contribution < 1.29 is 4.74 Å². The average Bonchev–Trinajstić information content (AvgIpc) is 2.89. The Balaban J connectivity index is 1.61. The van der Waals surface area contributed by atoms with E-state index in [1.54, 1.807) is 0 Å². The van der Waals surface area contributed by atoms with Crippen molar-refractivity contribution in [3.8, 4) is 5.75 Å². The van der Waals surface area contributed by atoms with Gasteiger partial charge < -0.3 is 10.1 Å². The first kappa shape index (κ1) is 14.9. The summed E-state index contributed by atoms with van der Waals surface area (Å²) in [6, 6.07) is 7.31. The summed E-state index contributed by atoms with van der Waals surface area (Å²) in [6.07, 6.45) is 5.19. The van der Waals surface area contributed by atoms with Crippen molar-refractivity contribution in [3.05, 3.63) is 29.3 Å². The monoisotopic (exact) mass is 288 g/mol. The molecule has 0 aliphatic carbocycles. The summed E-state index contributed by atoms with van der Waals surface area (Å²) in [7, 11) is 0. The minimum absolute atomic E-state index is 0.336. The predicted octanol–water partition coefficient (Wildman–Crippen LogP) is 2.76. The molecular weight excluding hydrogens is 260 g/mol. The van der Waals surface area contributed by atoms with Crippen LogP contribution in [0.2, 0.25) is 0 Å². The van der Waals surface area contributed by atoms with Crippen LogP contribution in [0.1, 0.15) is 37.3 Å². The number of nitrogens with zero attached hydrogens (tertiary/aromatic N) is 1. The lowest BCUT2D eigenvalue weighted by atomic mass is 10.0. The van der Waals surface area contributed by atoms with Crippen molar-refractivity contribution >= 4 is 0 Å². The first-order valence-electron chi connectivity index (χ1n) is 8.47. The fourth-order valence-corrected chi connectivity index (χ4v) is 3.69. The minimum Gasteiger partial charge on any atom is -0.488 e. The third kappa shape index (κ3) is 3.58. The molecule has 2 aliphatic rings. The van der Waals surface area contributed by atoms with Gasteiger partial charge >= 0.3 is 0 Å². The highest BCUT2D eigenvalue weighted by Gasteiger charge is 2.28. The number of hydrogen-bond donors (Lipinski definition) is 1. The van der Waals surface area contributed by atoms with Crippen molar-refractivity contribution in [1.29, 1.82) is 0 Å². The predicted molar refractivity (Wildman–Crippen MR) is 87.1 cm³/mol. The number of ether oxygens (including phenoxy) is 1. The van der Waals surface area contributed by atoms with Gasteiger partial charge in [-0.3, -0.25) is 4.90 Å². The van der Waals surface area contributed by atoms with Crippen LogP contribution in [0, 0.1) is 6.92 Å². The summed E-state index contributed by atoms with van der Waals surface area (Å²) in [6.45, 7) is 9.03. The van der Waals surface area contributed by atoms with E-state index in [0.717, 1.165) is 37.8 Å². The quantitative estimate of drug-likeness (QED) is 0.901. The maximum Gasteiger partial charge on any atom is 0.123 e. The van der Waals surface area contributed by atoms with Crippen molar-refractivity contribution in [2.45, 2.75) is 51.7 Å². The molecule has 0 radical (unpaired) electrons. The van der Waals surface area contributed by atoms with Crippen LogP contribution in [0.5, 0.6) is 5.75 Å². The second-order valence-electron chi connectivity index (χ2n) is 6.53. The van der Waals surface area contributed by atoms with Gasteiger partial charge in [-0.1, -0.05) is 24.6 Å². The van der Waals surface area contributed by atoms with Gasteiger partial charge in [0, 0.05) is 19.0 Å². The number of aryl methyl sites for hydroxylation is 1. The number of hydrogen-bond acceptors (Lipinski definition) is 3. The van der Waals surface area contributed by atoms with E-state index in [-0.39, 0.29) is 0 Å². The number of rotatable bonds is 5. The van der Waals surface area contributed by atoms with Crippen LogP contribution in [0.25, 0.3) is 0 Å². The third-order valence-corrected chi connectivity index (χ3v) is 4.73. The molecule has 3 heteroatoms. The zero-order valence-corrected chi connectivity index (χ0v) is 13.4. The van der Waals surface area contributed by atoms with Crippen LogP contribution in [-0.2, 0) is 6.42 Å². The SMILES string of the molecule is CCCN(CC1Cc2cc(C)ccc2O1)C1CCNCC1. The lowest BCUT2D eigenvalue weighted by Crippen LogP contribution is -2.47. The summed E-state index contributed by atoms with van der Waals surface area (Å²) >= 11 is 0. The first-order valence-corrected chi connectivity index (χ1v) is 8.47. The van der Waals surface area contributed by atoms with Crippen LogP contribution in [-0.4, -0.2) is 43.2 Å². The standard InChI is InChI=1S/C18H28N2O/c1-3-10-20(16-6-8-19-9-7-16)13-17-12-15-11-14(2)4-5-18(15)21-17/h4-5,11,16-17,19H,3,6-10,12-13H2,1-2H3. The highest BCUT2D eigenvalue weighted by Crippen LogP contribution is 2.30. The summed E-state index contributed by atoms with van der Waals surface area (Å²) in [4.78, 5) is 2.67. The summed E-state index contributed by atoms with van der Waals surface area (Å²) in [5.74, 6) is 1.10. The molecule has 1 aromatic carbocycles. The Morgan fingerprint density at radius 3 is 2.86 bits per heavy atom. The van der Waals surface area contributed by atoms with E-state index >= 15 is 0 Å². The average molecular weight is 288 g/mol. The fourth-order valence-electron chi connectivity index (χ4n) is 3.69. The number of nitrogens with one attached hydrogen (secondary N) is 1. The topological polar surface area (TPSA) is 24.5 Å². The van der Waals surface area contributed by atoms with E-state index in [0.29, 0.717) is 6.10 Å². The van der Waals surface area contributed by atoms with Gasteiger partial charge in [-0.25, -0.2) is 0 Å². The van der Waals surface area contributed by atoms with Gasteiger partial charge in [-0.2, -0.15) is 0 Å². The maximum atomic E-state index is 6.17. The summed E-state index contributed by atoms with van der Waals surface area (Å²) in [5.41, 5.74) is 2.73. The van der Waals surface area contributed by atoms with E-state index in [2.05, 4.69) is 42.3 Å². The number of piperidine rings is 1. The molecule has 3 rings (SSSR count). The van der Waals surface area contributed by atoms with E-state index in [9.17, 15) is 0 Å². The highest BCUT2D eigenvalue weighted by molar-refractivity contribution is 5.40. The van der Waals surface area contributed by atoms with Gasteiger partial charge in [0.2, 0.25) is 0 Å². The molecule has 0 aromatic heterocycles. The highest BCUT2D eigenvalue weighted by atomic mass is 16.5. The molecule has 2 aliphatic heterocycles. The Hall–Kier alpha value is -1.06. The zero-order chi connectivity index (χ0) is 14.7. The Bertz CT molecular complexity index is 468. The molecule has 0 saturated carbocycles. The second kappa shape index (κ2) is 6.80. The maximum absolute atomic E-state index is 6.17.